The van der Waals surface area contributed by atoms with Gasteiger partial charge in [0, 0.05) is 0 Å². The van der Waals surface area contributed by atoms with Crippen LogP contribution in [0.1, 0.15) is 10.4 Å². The van der Waals surface area contributed by atoms with E-state index in [0.29, 0.717) is 5.56 Å². The van der Waals surface area contributed by atoms with Gasteiger partial charge in [-0.3, -0.25) is 4.79 Å². The first kappa shape index (κ1) is 7.53. The fourth-order valence-electron chi connectivity index (χ4n) is 1.79. The molecular weight excluding hydrogens is 176 g/mol. The number of benzene rings is 2. The number of amides is 1. The van der Waals surface area contributed by atoms with E-state index in [2.05, 4.69) is 0 Å². The van der Waals surface area contributed by atoms with Crippen LogP contribution in [0.4, 0.5) is 5.69 Å². The number of fused-ring (bicyclic) bond motifs is 2. The topological polar surface area (TPSA) is 46.3 Å². The molecule has 0 unspecified atom stereocenters. The second-order valence-corrected chi connectivity index (χ2v) is 3.39. The zero-order valence-corrected chi connectivity index (χ0v) is 7.40. The lowest BCUT2D eigenvalue weighted by molar-refractivity contribution is 0.0966. The Hall–Kier alpha value is -1.87. The highest BCUT2D eigenvalue weighted by Gasteiger charge is 2.30. The van der Waals surface area contributed by atoms with Gasteiger partial charge in [0.2, 0.25) is 0 Å². The fraction of sp³-hybridized carbons (Fsp3) is 0. The molecule has 0 saturated carbocycles. The Kier molecular flexibility index (Phi) is 1.25. The minimum absolute atomic E-state index is 0.106. The van der Waals surface area contributed by atoms with Gasteiger partial charge in [-0.15, -0.1) is 0 Å². The molecule has 0 spiro atoms. The van der Waals surface area contributed by atoms with Gasteiger partial charge in [0.25, 0.3) is 5.91 Å². The molecule has 0 aromatic heterocycles. The smallest absolute Gasteiger partial charge is 0.267 e. The molecule has 3 nitrogen and oxygen atoms in total. The summed E-state index contributed by atoms with van der Waals surface area (Å²) in [5, 5.41) is 3.36. The van der Waals surface area contributed by atoms with E-state index in [1.807, 2.05) is 36.4 Å². The van der Waals surface area contributed by atoms with Crippen molar-refractivity contribution in [3.8, 4) is 0 Å². The normalized spacial score (nSPS) is 14.1. The Balaban J connectivity index is 2.37. The predicted octanol–water partition coefficient (Wildman–Crippen LogP) is 1.67. The zero-order valence-electron chi connectivity index (χ0n) is 7.40. The van der Waals surface area contributed by atoms with Crippen LogP contribution in [0.15, 0.2) is 36.4 Å². The minimum Gasteiger partial charge on any atom is -0.267 e. The van der Waals surface area contributed by atoms with Crippen LogP contribution < -0.4 is 10.9 Å². The van der Waals surface area contributed by atoms with Crippen LogP contribution in [0.3, 0.4) is 0 Å². The lowest BCUT2D eigenvalue weighted by atomic mass is 9.99. The highest BCUT2D eigenvalue weighted by molar-refractivity contribution is 6.21. The molecule has 0 radical (unpaired) electrons. The molecule has 0 fully saturated rings. The molecule has 0 bridgehead atoms. The molecule has 1 heterocycles. The average Bonchev–Trinajstić information content (AvgIpc) is 2.26. The largest absolute Gasteiger partial charge is 0.274 e. The van der Waals surface area contributed by atoms with Crippen LogP contribution in [0, 0.1) is 0 Å². The number of carbonyl (C=O) groups is 1. The predicted molar refractivity (Wildman–Crippen MR) is 54.9 cm³/mol. The highest BCUT2D eigenvalue weighted by atomic mass is 16.2. The van der Waals surface area contributed by atoms with Gasteiger partial charge in [-0.1, -0.05) is 24.3 Å². The Morgan fingerprint density at radius 2 is 1.71 bits per heavy atom. The summed E-state index contributed by atoms with van der Waals surface area (Å²) in [6.45, 7) is 0. The summed E-state index contributed by atoms with van der Waals surface area (Å²) >= 11 is 0. The second-order valence-electron chi connectivity index (χ2n) is 3.39. The van der Waals surface area contributed by atoms with Crippen LogP contribution in [-0.4, -0.2) is 5.91 Å². The third kappa shape index (κ3) is 0.769. The number of hydrogen-bond acceptors (Lipinski definition) is 2. The van der Waals surface area contributed by atoms with Gasteiger partial charge in [0.05, 0.1) is 11.3 Å². The third-order valence-corrected chi connectivity index (χ3v) is 2.57. The summed E-state index contributed by atoms with van der Waals surface area (Å²) in [6.07, 6.45) is 0. The van der Waals surface area contributed by atoms with Crippen molar-refractivity contribution >= 4 is 22.4 Å². The van der Waals surface area contributed by atoms with Crippen molar-refractivity contribution in [3.63, 3.8) is 0 Å². The highest BCUT2D eigenvalue weighted by Crippen LogP contribution is 2.33. The van der Waals surface area contributed by atoms with Gasteiger partial charge in [-0.2, -0.15) is 0 Å². The molecule has 1 amide bonds. The van der Waals surface area contributed by atoms with Gasteiger partial charge in [-0.05, 0) is 22.9 Å². The van der Waals surface area contributed by atoms with Crippen molar-refractivity contribution in [1.29, 1.82) is 0 Å². The summed E-state index contributed by atoms with van der Waals surface area (Å²) in [5.74, 6) is 5.40. The summed E-state index contributed by atoms with van der Waals surface area (Å²) in [4.78, 5) is 11.3. The van der Waals surface area contributed by atoms with E-state index in [4.69, 9.17) is 5.84 Å². The second kappa shape index (κ2) is 2.33. The first-order chi connectivity index (χ1) is 6.77. The number of anilines is 1. The minimum atomic E-state index is -0.106. The maximum absolute atomic E-state index is 11.3. The number of carbonyl (C=O) groups excluding carboxylic acids is 1. The average molecular weight is 184 g/mol. The third-order valence-electron chi connectivity index (χ3n) is 2.57. The van der Waals surface area contributed by atoms with Crippen molar-refractivity contribution in [1.82, 2.24) is 0 Å². The molecular formula is C11H8N2O. The zero-order chi connectivity index (χ0) is 9.71. The molecule has 3 heteroatoms. The number of hydrogen-bond donors (Lipinski definition) is 1. The van der Waals surface area contributed by atoms with Crippen molar-refractivity contribution in [2.75, 3.05) is 5.01 Å². The maximum Gasteiger partial charge on any atom is 0.274 e. The lowest BCUT2D eigenvalue weighted by Gasteiger charge is -2.29. The standard InChI is InChI=1S/C11H8N2O/c12-13-10-6-8-4-2-1-3-7(8)5-9(10)11(13)14/h1-6H,12H2. The van der Waals surface area contributed by atoms with Crippen LogP contribution in [0.2, 0.25) is 0 Å². The Bertz CT molecular complexity index is 548. The first-order valence-corrected chi connectivity index (χ1v) is 4.39. The van der Waals surface area contributed by atoms with Gasteiger partial charge >= 0.3 is 0 Å². The Labute approximate surface area is 80.7 Å². The molecule has 14 heavy (non-hydrogen) atoms. The van der Waals surface area contributed by atoms with Crippen molar-refractivity contribution in [3.05, 3.63) is 42.0 Å². The van der Waals surface area contributed by atoms with E-state index < -0.39 is 0 Å². The fourth-order valence-corrected chi connectivity index (χ4v) is 1.79. The van der Waals surface area contributed by atoms with Crippen molar-refractivity contribution < 1.29 is 4.79 Å². The van der Waals surface area contributed by atoms with E-state index in [1.54, 1.807) is 0 Å². The van der Waals surface area contributed by atoms with E-state index in [1.165, 1.54) is 5.01 Å². The first-order valence-electron chi connectivity index (χ1n) is 4.39. The van der Waals surface area contributed by atoms with Crippen LogP contribution in [-0.2, 0) is 0 Å². The van der Waals surface area contributed by atoms with Crippen LogP contribution >= 0.6 is 0 Å². The van der Waals surface area contributed by atoms with Gasteiger partial charge in [0.1, 0.15) is 0 Å². The van der Waals surface area contributed by atoms with Gasteiger partial charge in [0.15, 0.2) is 0 Å². The Morgan fingerprint density at radius 1 is 1.07 bits per heavy atom. The lowest BCUT2D eigenvalue weighted by Crippen LogP contribution is -2.46. The SMILES string of the molecule is NN1C(=O)c2cc3ccccc3cc21. The van der Waals surface area contributed by atoms with Crippen LogP contribution in [0.5, 0.6) is 0 Å². The number of rotatable bonds is 0. The van der Waals surface area contributed by atoms with E-state index >= 15 is 0 Å². The monoisotopic (exact) mass is 184 g/mol. The molecule has 0 aliphatic carbocycles. The van der Waals surface area contributed by atoms with Gasteiger partial charge < -0.3 is 0 Å². The summed E-state index contributed by atoms with van der Waals surface area (Å²) in [5.41, 5.74) is 1.53. The summed E-state index contributed by atoms with van der Waals surface area (Å²) < 4.78 is 0. The summed E-state index contributed by atoms with van der Waals surface area (Å²) in [7, 11) is 0. The van der Waals surface area contributed by atoms with Gasteiger partial charge in [-0.25, -0.2) is 10.9 Å². The molecule has 2 aromatic carbocycles. The maximum atomic E-state index is 11.3. The Morgan fingerprint density at radius 3 is 2.43 bits per heavy atom. The molecule has 2 N–H and O–H groups in total. The number of nitrogens with two attached hydrogens (primary N) is 1. The van der Waals surface area contributed by atoms with E-state index in [0.717, 1.165) is 16.5 Å². The molecule has 3 rings (SSSR count). The van der Waals surface area contributed by atoms with Crippen molar-refractivity contribution in [2.45, 2.75) is 0 Å². The van der Waals surface area contributed by atoms with E-state index in [9.17, 15) is 4.79 Å². The van der Waals surface area contributed by atoms with Crippen LogP contribution in [0.25, 0.3) is 10.8 Å². The molecule has 2 aromatic rings. The number of hydrazine groups is 1. The number of nitrogens with zero attached hydrogens (tertiary/aromatic N) is 1. The summed E-state index contributed by atoms with van der Waals surface area (Å²) in [6, 6.07) is 11.7. The molecule has 1 aliphatic rings. The quantitative estimate of drug-likeness (QED) is 0.500. The molecule has 68 valence electrons. The molecule has 0 saturated heterocycles. The van der Waals surface area contributed by atoms with E-state index in [-0.39, 0.29) is 5.91 Å². The molecule has 0 atom stereocenters. The molecule has 1 aliphatic heterocycles. The van der Waals surface area contributed by atoms with Crippen molar-refractivity contribution in [2.24, 2.45) is 5.84 Å².